The van der Waals surface area contributed by atoms with E-state index in [-0.39, 0.29) is 30.1 Å². The van der Waals surface area contributed by atoms with Gasteiger partial charge in [0.2, 0.25) is 17.6 Å². The summed E-state index contributed by atoms with van der Waals surface area (Å²) in [6.07, 6.45) is -0.381. The SMILES string of the molecule is O=C(O)C[C@H](NC(=O)CCc1nc(-c2ccccc2F)no1)c1cccc(F)c1. The van der Waals surface area contributed by atoms with Crippen LogP contribution in [0, 0.1) is 11.6 Å². The van der Waals surface area contributed by atoms with Gasteiger partial charge in [-0.15, -0.1) is 0 Å². The zero-order valence-electron chi connectivity index (χ0n) is 15.1. The maximum atomic E-state index is 13.8. The Bertz CT molecular complexity index is 1020. The molecular formula is C20H17F2N3O4. The Morgan fingerprint density at radius 2 is 1.93 bits per heavy atom. The number of halogens is 2. The fraction of sp³-hybridized carbons (Fsp3) is 0.200. The highest BCUT2D eigenvalue weighted by molar-refractivity contribution is 5.78. The zero-order chi connectivity index (χ0) is 20.8. The van der Waals surface area contributed by atoms with Crippen LogP contribution in [0.3, 0.4) is 0 Å². The molecule has 9 heteroatoms. The van der Waals surface area contributed by atoms with Gasteiger partial charge < -0.3 is 14.9 Å². The third-order valence-corrected chi connectivity index (χ3v) is 4.11. The lowest BCUT2D eigenvalue weighted by atomic mass is 10.0. The molecule has 2 N–H and O–H groups in total. The first-order valence-electron chi connectivity index (χ1n) is 8.76. The molecule has 0 saturated carbocycles. The number of carboxylic acid groups (broad SMARTS) is 1. The van der Waals surface area contributed by atoms with E-state index >= 15 is 0 Å². The molecule has 2 aromatic carbocycles. The number of benzene rings is 2. The van der Waals surface area contributed by atoms with Gasteiger partial charge in [0.05, 0.1) is 18.0 Å². The number of carbonyl (C=O) groups excluding carboxylic acids is 1. The predicted molar refractivity (Wildman–Crippen MR) is 97.5 cm³/mol. The minimum absolute atomic E-state index is 0.0651. The lowest BCUT2D eigenvalue weighted by Gasteiger charge is -2.17. The third-order valence-electron chi connectivity index (χ3n) is 4.11. The molecule has 0 aliphatic carbocycles. The number of carbonyl (C=O) groups is 2. The Labute approximate surface area is 164 Å². The number of amides is 1. The number of hydrogen-bond acceptors (Lipinski definition) is 5. The summed E-state index contributed by atoms with van der Waals surface area (Å²) < 4.78 is 32.2. The van der Waals surface area contributed by atoms with Crippen molar-refractivity contribution in [1.82, 2.24) is 15.5 Å². The maximum Gasteiger partial charge on any atom is 0.305 e. The topological polar surface area (TPSA) is 105 Å². The largest absolute Gasteiger partial charge is 0.481 e. The third kappa shape index (κ3) is 5.44. The normalized spacial score (nSPS) is 11.8. The first kappa shape index (κ1) is 20.1. The van der Waals surface area contributed by atoms with Crippen molar-refractivity contribution < 1.29 is 28.0 Å². The lowest BCUT2D eigenvalue weighted by molar-refractivity contribution is -0.137. The van der Waals surface area contributed by atoms with E-state index in [0.717, 1.165) is 0 Å². The Balaban J connectivity index is 1.62. The minimum atomic E-state index is -1.13. The molecule has 0 unspecified atom stereocenters. The number of aromatic nitrogens is 2. The number of rotatable bonds is 8. The van der Waals surface area contributed by atoms with Crippen molar-refractivity contribution in [2.75, 3.05) is 0 Å². The molecule has 0 spiro atoms. The molecule has 0 radical (unpaired) electrons. The second-order valence-corrected chi connectivity index (χ2v) is 6.26. The van der Waals surface area contributed by atoms with Crippen molar-refractivity contribution in [2.45, 2.75) is 25.3 Å². The van der Waals surface area contributed by atoms with Crippen LogP contribution in [0.25, 0.3) is 11.4 Å². The molecule has 150 valence electrons. The number of nitrogens with one attached hydrogen (secondary N) is 1. The number of hydrogen-bond donors (Lipinski definition) is 2. The van der Waals surface area contributed by atoms with Crippen LogP contribution in [-0.2, 0) is 16.0 Å². The highest BCUT2D eigenvalue weighted by atomic mass is 19.1. The molecule has 0 fully saturated rings. The number of aryl methyl sites for hydroxylation is 1. The fourth-order valence-electron chi connectivity index (χ4n) is 2.75. The summed E-state index contributed by atoms with van der Waals surface area (Å²) in [6, 6.07) is 10.4. The van der Waals surface area contributed by atoms with Crippen LogP contribution >= 0.6 is 0 Å². The Morgan fingerprint density at radius 3 is 2.66 bits per heavy atom. The monoisotopic (exact) mass is 401 g/mol. The van der Waals surface area contributed by atoms with Gasteiger partial charge in [0.1, 0.15) is 11.6 Å². The van der Waals surface area contributed by atoms with Crippen LogP contribution in [0.4, 0.5) is 8.78 Å². The maximum absolute atomic E-state index is 13.8. The summed E-state index contributed by atoms with van der Waals surface area (Å²) in [4.78, 5) is 27.4. The molecule has 3 aromatic rings. The van der Waals surface area contributed by atoms with Crippen LogP contribution in [-0.4, -0.2) is 27.1 Å². The molecule has 7 nitrogen and oxygen atoms in total. The summed E-state index contributed by atoms with van der Waals surface area (Å²) >= 11 is 0. The molecular weight excluding hydrogens is 384 g/mol. The Morgan fingerprint density at radius 1 is 1.14 bits per heavy atom. The number of carboxylic acids is 1. The Hall–Kier alpha value is -3.62. The number of nitrogens with zero attached hydrogens (tertiary/aromatic N) is 2. The van der Waals surface area contributed by atoms with E-state index in [1.165, 1.54) is 42.5 Å². The van der Waals surface area contributed by atoms with Gasteiger partial charge >= 0.3 is 5.97 Å². The van der Waals surface area contributed by atoms with E-state index in [2.05, 4.69) is 15.5 Å². The van der Waals surface area contributed by atoms with Gasteiger partial charge in [-0.25, -0.2) is 8.78 Å². The first-order valence-corrected chi connectivity index (χ1v) is 8.76. The lowest BCUT2D eigenvalue weighted by Crippen LogP contribution is -2.30. The van der Waals surface area contributed by atoms with Crippen molar-refractivity contribution in [1.29, 1.82) is 0 Å². The molecule has 1 amide bonds. The summed E-state index contributed by atoms with van der Waals surface area (Å²) in [5, 5.41) is 15.3. The standard InChI is InChI=1S/C20H17F2N3O4/c21-13-5-3-4-12(10-13)16(11-19(27)28)23-17(26)8-9-18-24-20(25-29-18)14-6-1-2-7-15(14)22/h1-7,10,16H,8-9,11H2,(H,23,26)(H,27,28)/t16-/m0/s1. The second-order valence-electron chi connectivity index (χ2n) is 6.26. The van der Waals surface area contributed by atoms with Crippen LogP contribution in [0.1, 0.15) is 30.3 Å². The van der Waals surface area contributed by atoms with Crippen molar-refractivity contribution in [3.8, 4) is 11.4 Å². The van der Waals surface area contributed by atoms with Gasteiger partial charge in [-0.05, 0) is 29.8 Å². The summed E-state index contributed by atoms with van der Waals surface area (Å²) in [5.41, 5.74) is 0.528. The molecule has 1 atom stereocenters. The fourth-order valence-corrected chi connectivity index (χ4v) is 2.75. The highest BCUT2D eigenvalue weighted by Gasteiger charge is 2.19. The molecule has 1 heterocycles. The molecule has 1 aromatic heterocycles. The van der Waals surface area contributed by atoms with E-state index in [4.69, 9.17) is 9.63 Å². The van der Waals surface area contributed by atoms with E-state index in [0.29, 0.717) is 5.56 Å². The van der Waals surface area contributed by atoms with Crippen LogP contribution in [0.15, 0.2) is 53.1 Å². The smallest absolute Gasteiger partial charge is 0.305 e. The van der Waals surface area contributed by atoms with Crippen LogP contribution in [0.2, 0.25) is 0 Å². The molecule has 0 aliphatic heterocycles. The average molecular weight is 401 g/mol. The summed E-state index contributed by atoms with van der Waals surface area (Å²) in [6.45, 7) is 0. The average Bonchev–Trinajstić information content (AvgIpc) is 3.15. The molecule has 3 rings (SSSR count). The van der Waals surface area contributed by atoms with Crippen molar-refractivity contribution in [3.63, 3.8) is 0 Å². The number of aliphatic carboxylic acids is 1. The van der Waals surface area contributed by atoms with Gasteiger partial charge in [0, 0.05) is 12.8 Å². The first-order chi connectivity index (χ1) is 13.9. The summed E-state index contributed by atoms with van der Waals surface area (Å²) in [7, 11) is 0. The van der Waals surface area contributed by atoms with Crippen molar-refractivity contribution in [2.24, 2.45) is 0 Å². The van der Waals surface area contributed by atoms with Gasteiger partial charge in [0.25, 0.3) is 0 Å². The highest BCUT2D eigenvalue weighted by Crippen LogP contribution is 2.20. The van der Waals surface area contributed by atoms with Crippen LogP contribution in [0.5, 0.6) is 0 Å². The van der Waals surface area contributed by atoms with Gasteiger partial charge in [0.15, 0.2) is 0 Å². The Kier molecular flexibility index (Phi) is 6.28. The second kappa shape index (κ2) is 9.05. The summed E-state index contributed by atoms with van der Waals surface area (Å²) in [5.74, 6) is -2.42. The van der Waals surface area contributed by atoms with Gasteiger partial charge in [-0.1, -0.05) is 29.4 Å². The zero-order valence-corrected chi connectivity index (χ0v) is 15.1. The van der Waals surface area contributed by atoms with E-state index in [1.807, 2.05) is 0 Å². The van der Waals surface area contributed by atoms with E-state index < -0.39 is 36.0 Å². The molecule has 0 aliphatic rings. The van der Waals surface area contributed by atoms with Crippen molar-refractivity contribution in [3.05, 3.63) is 71.6 Å². The molecule has 29 heavy (non-hydrogen) atoms. The molecule has 0 saturated heterocycles. The predicted octanol–water partition coefficient (Wildman–Crippen LogP) is 3.28. The van der Waals surface area contributed by atoms with Crippen LogP contribution < -0.4 is 5.32 Å². The quantitative estimate of drug-likeness (QED) is 0.600. The minimum Gasteiger partial charge on any atom is -0.481 e. The van der Waals surface area contributed by atoms with Gasteiger partial charge in [-0.2, -0.15) is 4.98 Å². The van der Waals surface area contributed by atoms with Crippen molar-refractivity contribution >= 4 is 11.9 Å². The molecule has 0 bridgehead atoms. The van der Waals surface area contributed by atoms with E-state index in [9.17, 15) is 18.4 Å². The van der Waals surface area contributed by atoms with Gasteiger partial charge in [-0.3, -0.25) is 9.59 Å². The van der Waals surface area contributed by atoms with E-state index in [1.54, 1.807) is 6.07 Å².